The lowest BCUT2D eigenvalue weighted by atomic mass is 10.2. The van der Waals surface area contributed by atoms with Crippen LogP contribution in [0.3, 0.4) is 0 Å². The summed E-state index contributed by atoms with van der Waals surface area (Å²) in [6, 6.07) is 6.60. The van der Waals surface area contributed by atoms with E-state index < -0.39 is 27.7 Å². The maximum atomic E-state index is 14.3. The van der Waals surface area contributed by atoms with Crippen LogP contribution in [0.25, 0.3) is 0 Å². The van der Waals surface area contributed by atoms with E-state index in [9.17, 15) is 17.2 Å². The molecule has 0 aromatic heterocycles. The molecule has 1 unspecified atom stereocenters. The molecular formula is C19H18ClF2N3O3S. The summed E-state index contributed by atoms with van der Waals surface area (Å²) in [6.45, 7) is 0.223. The first-order valence-electron chi connectivity index (χ1n) is 8.70. The number of sulfonamides is 1. The van der Waals surface area contributed by atoms with Gasteiger partial charge in [-0.15, -0.1) is 0 Å². The third-order valence-corrected chi connectivity index (χ3v) is 6.92. The summed E-state index contributed by atoms with van der Waals surface area (Å²) in [5, 5.41) is 9.33. The van der Waals surface area contributed by atoms with Gasteiger partial charge in [-0.25, -0.2) is 17.2 Å². The first-order valence-corrected chi connectivity index (χ1v) is 10.5. The summed E-state index contributed by atoms with van der Waals surface area (Å²) in [7, 11) is -2.85. The SMILES string of the molecule is COc1ccc(Cl)cc1S(=O)(=O)N(Cc1ccc(F)cc1F)C1CCN(C#N)C1. The van der Waals surface area contributed by atoms with Gasteiger partial charge in [0.1, 0.15) is 22.3 Å². The molecule has 6 nitrogen and oxygen atoms in total. The van der Waals surface area contributed by atoms with E-state index in [2.05, 4.69) is 0 Å². The number of rotatable bonds is 6. The van der Waals surface area contributed by atoms with Crippen LogP contribution in [0.2, 0.25) is 5.02 Å². The molecule has 29 heavy (non-hydrogen) atoms. The summed E-state index contributed by atoms with van der Waals surface area (Å²) in [5.41, 5.74) is 0.0198. The maximum Gasteiger partial charge on any atom is 0.247 e. The summed E-state index contributed by atoms with van der Waals surface area (Å²) in [4.78, 5) is 1.27. The average Bonchev–Trinajstić information content (AvgIpc) is 3.16. The summed E-state index contributed by atoms with van der Waals surface area (Å²) >= 11 is 6.00. The van der Waals surface area contributed by atoms with E-state index in [0.29, 0.717) is 19.0 Å². The Morgan fingerprint density at radius 2 is 2.07 bits per heavy atom. The molecule has 1 heterocycles. The first kappa shape index (κ1) is 21.3. The van der Waals surface area contributed by atoms with Gasteiger partial charge in [-0.2, -0.15) is 9.57 Å². The Labute approximate surface area is 172 Å². The summed E-state index contributed by atoms with van der Waals surface area (Å²) in [6.07, 6.45) is 2.38. The van der Waals surface area contributed by atoms with Crippen molar-refractivity contribution >= 4 is 21.6 Å². The molecule has 1 aliphatic rings. The zero-order valence-electron chi connectivity index (χ0n) is 15.5. The van der Waals surface area contributed by atoms with E-state index in [4.69, 9.17) is 21.6 Å². The summed E-state index contributed by atoms with van der Waals surface area (Å²) < 4.78 is 60.9. The number of hydrogen-bond donors (Lipinski definition) is 0. The Hall–Kier alpha value is -2.41. The molecule has 1 atom stereocenters. The van der Waals surface area contributed by atoms with E-state index in [0.717, 1.165) is 10.4 Å². The predicted octanol–water partition coefficient (Wildman–Crippen LogP) is 3.37. The summed E-state index contributed by atoms with van der Waals surface area (Å²) in [5.74, 6) is -1.51. The minimum atomic E-state index is -4.18. The molecule has 1 fully saturated rings. The topological polar surface area (TPSA) is 73.6 Å². The van der Waals surface area contributed by atoms with Gasteiger partial charge in [0.25, 0.3) is 0 Å². The van der Waals surface area contributed by atoms with Crippen molar-refractivity contribution in [2.24, 2.45) is 0 Å². The minimum absolute atomic E-state index is 0.0198. The Balaban J connectivity index is 2.07. The highest BCUT2D eigenvalue weighted by atomic mass is 35.5. The highest BCUT2D eigenvalue weighted by Gasteiger charge is 2.38. The molecule has 10 heteroatoms. The van der Waals surface area contributed by atoms with Crippen molar-refractivity contribution in [1.29, 1.82) is 5.26 Å². The molecule has 0 saturated carbocycles. The number of ether oxygens (including phenoxy) is 1. The third-order valence-electron chi connectivity index (χ3n) is 4.77. The van der Waals surface area contributed by atoms with Gasteiger partial charge in [0, 0.05) is 42.3 Å². The fourth-order valence-corrected chi connectivity index (χ4v) is 5.32. The Morgan fingerprint density at radius 1 is 1.31 bits per heavy atom. The molecule has 0 aliphatic carbocycles. The molecule has 154 valence electrons. The molecule has 1 saturated heterocycles. The molecule has 0 spiro atoms. The highest BCUT2D eigenvalue weighted by Crippen LogP contribution is 2.33. The zero-order valence-corrected chi connectivity index (χ0v) is 17.1. The lowest BCUT2D eigenvalue weighted by Gasteiger charge is -2.28. The van der Waals surface area contributed by atoms with Gasteiger partial charge in [0.15, 0.2) is 6.19 Å². The Morgan fingerprint density at radius 3 is 2.69 bits per heavy atom. The van der Waals surface area contributed by atoms with Crippen LogP contribution >= 0.6 is 11.6 Å². The first-order chi connectivity index (χ1) is 13.8. The second-order valence-corrected chi connectivity index (χ2v) is 8.87. The van der Waals surface area contributed by atoms with E-state index in [1.165, 1.54) is 36.3 Å². The molecule has 3 rings (SSSR count). The van der Waals surface area contributed by atoms with Gasteiger partial charge < -0.3 is 9.64 Å². The van der Waals surface area contributed by atoms with Crippen LogP contribution < -0.4 is 4.74 Å². The minimum Gasteiger partial charge on any atom is -0.495 e. The van der Waals surface area contributed by atoms with Crippen LogP contribution in [0.1, 0.15) is 12.0 Å². The van der Waals surface area contributed by atoms with Crippen LogP contribution in [0, 0.1) is 23.1 Å². The second-order valence-electron chi connectivity index (χ2n) is 6.57. The van der Waals surface area contributed by atoms with Crippen LogP contribution in [-0.4, -0.2) is 43.9 Å². The third kappa shape index (κ3) is 4.45. The quantitative estimate of drug-likeness (QED) is 0.642. The standard InChI is InChI=1S/C19H18ClF2N3O3S/c1-28-18-5-3-14(20)8-19(18)29(26,27)25(16-6-7-24(11-16)12-23)10-13-2-4-15(21)9-17(13)22/h2-5,8-9,16H,6-7,10-11H2,1H3. The number of hydrogen-bond acceptors (Lipinski definition) is 5. The number of benzene rings is 2. The van der Waals surface area contributed by atoms with Crippen LogP contribution in [0.15, 0.2) is 41.3 Å². The van der Waals surface area contributed by atoms with Crippen LogP contribution in [0.5, 0.6) is 5.75 Å². The lowest BCUT2D eigenvalue weighted by Crippen LogP contribution is -2.41. The van der Waals surface area contributed by atoms with Gasteiger partial charge in [0.2, 0.25) is 10.0 Å². The normalized spacial score (nSPS) is 16.8. The van der Waals surface area contributed by atoms with E-state index in [1.807, 2.05) is 6.19 Å². The van der Waals surface area contributed by atoms with Crippen molar-refractivity contribution in [3.05, 3.63) is 58.6 Å². The molecule has 2 aromatic carbocycles. The maximum absolute atomic E-state index is 14.3. The molecule has 0 radical (unpaired) electrons. The van der Waals surface area contributed by atoms with Crippen molar-refractivity contribution in [2.45, 2.75) is 23.9 Å². The smallest absolute Gasteiger partial charge is 0.247 e. The van der Waals surface area contributed by atoms with Gasteiger partial charge in [0.05, 0.1) is 7.11 Å². The van der Waals surface area contributed by atoms with Gasteiger partial charge in [-0.05, 0) is 30.7 Å². The number of halogens is 3. The zero-order chi connectivity index (χ0) is 21.2. The molecular weight excluding hydrogens is 424 g/mol. The largest absolute Gasteiger partial charge is 0.495 e. The number of methoxy groups -OCH3 is 1. The van der Waals surface area contributed by atoms with Crippen LogP contribution in [0.4, 0.5) is 8.78 Å². The van der Waals surface area contributed by atoms with Crippen molar-refractivity contribution in [1.82, 2.24) is 9.21 Å². The molecule has 0 N–H and O–H groups in total. The van der Waals surface area contributed by atoms with E-state index >= 15 is 0 Å². The Kier molecular flexibility index (Phi) is 6.27. The predicted molar refractivity (Wildman–Crippen MR) is 103 cm³/mol. The van der Waals surface area contributed by atoms with Crippen molar-refractivity contribution in [3.8, 4) is 11.9 Å². The van der Waals surface area contributed by atoms with E-state index in [1.54, 1.807) is 0 Å². The van der Waals surface area contributed by atoms with Crippen LogP contribution in [-0.2, 0) is 16.6 Å². The molecule has 1 aliphatic heterocycles. The van der Waals surface area contributed by atoms with E-state index in [-0.39, 0.29) is 34.3 Å². The molecule has 0 amide bonds. The van der Waals surface area contributed by atoms with Crippen molar-refractivity contribution in [3.63, 3.8) is 0 Å². The fraction of sp³-hybridized carbons (Fsp3) is 0.316. The lowest BCUT2D eigenvalue weighted by molar-refractivity contribution is 0.308. The van der Waals surface area contributed by atoms with Gasteiger partial charge in [-0.1, -0.05) is 17.7 Å². The average molecular weight is 442 g/mol. The van der Waals surface area contributed by atoms with Crippen molar-refractivity contribution in [2.75, 3.05) is 20.2 Å². The van der Waals surface area contributed by atoms with Gasteiger partial charge >= 0.3 is 0 Å². The number of nitrogens with zero attached hydrogens (tertiary/aromatic N) is 3. The molecule has 2 aromatic rings. The van der Waals surface area contributed by atoms with Crippen molar-refractivity contribution < 1.29 is 21.9 Å². The Bertz CT molecular complexity index is 1060. The molecule has 0 bridgehead atoms. The fourth-order valence-electron chi connectivity index (χ4n) is 3.27. The second kappa shape index (κ2) is 8.53. The monoisotopic (exact) mass is 441 g/mol. The number of nitriles is 1. The highest BCUT2D eigenvalue weighted by molar-refractivity contribution is 7.89. The number of likely N-dealkylation sites (tertiary alicyclic amines) is 1. The van der Waals surface area contributed by atoms with Gasteiger partial charge in [-0.3, -0.25) is 0 Å².